The fraction of sp³-hybridized carbons (Fsp3) is 0.333. The lowest BCUT2D eigenvalue weighted by atomic mass is 10.2. The average Bonchev–Trinajstić information content (AvgIpc) is 2.31. The van der Waals surface area contributed by atoms with Crippen LogP contribution in [0.25, 0.3) is 10.9 Å². The van der Waals surface area contributed by atoms with Crippen LogP contribution in [0, 0.1) is 0 Å². The van der Waals surface area contributed by atoms with Crippen LogP contribution in [0.2, 0.25) is 0 Å². The summed E-state index contributed by atoms with van der Waals surface area (Å²) in [6.07, 6.45) is 6.52. The molecule has 0 fully saturated rings. The van der Waals surface area contributed by atoms with E-state index in [-0.39, 0.29) is 0 Å². The van der Waals surface area contributed by atoms with Crippen molar-refractivity contribution in [2.75, 3.05) is 0 Å². The van der Waals surface area contributed by atoms with Crippen molar-refractivity contribution < 1.29 is 0 Å². The van der Waals surface area contributed by atoms with Crippen LogP contribution in [0.5, 0.6) is 0 Å². The van der Waals surface area contributed by atoms with Crippen molar-refractivity contribution in [1.29, 1.82) is 0 Å². The Kier molecular flexibility index (Phi) is 4.05. The largest absolute Gasteiger partial charge is 0.262 e. The Morgan fingerprint density at radius 2 is 2.00 bits per heavy atom. The second-order valence-corrected chi connectivity index (χ2v) is 2.77. The molecule has 0 saturated carbocycles. The van der Waals surface area contributed by atoms with E-state index in [1.54, 1.807) is 12.4 Å². The molecule has 0 spiro atoms. The number of aromatic nitrogens is 2. The molecule has 0 aliphatic rings. The predicted octanol–water partition coefficient (Wildman–Crippen LogP) is 3.22. The molecule has 0 atom stereocenters. The van der Waals surface area contributed by atoms with Gasteiger partial charge >= 0.3 is 0 Å². The Bertz CT molecular complexity index is 396. The zero-order chi connectivity index (χ0) is 10.4. The van der Waals surface area contributed by atoms with Crippen LogP contribution in [0.3, 0.4) is 0 Å². The molecule has 0 amide bonds. The third kappa shape index (κ3) is 2.28. The van der Waals surface area contributed by atoms with Crippen LogP contribution in [0.4, 0.5) is 0 Å². The summed E-state index contributed by atoms with van der Waals surface area (Å²) in [6, 6.07) is 4.14. The van der Waals surface area contributed by atoms with Gasteiger partial charge in [-0.3, -0.25) is 9.97 Å². The van der Waals surface area contributed by atoms with Crippen molar-refractivity contribution >= 4 is 10.9 Å². The van der Waals surface area contributed by atoms with E-state index in [1.165, 1.54) is 10.9 Å². The zero-order valence-corrected chi connectivity index (χ0v) is 8.99. The van der Waals surface area contributed by atoms with Crippen molar-refractivity contribution in [2.45, 2.75) is 27.2 Å². The fourth-order valence-corrected chi connectivity index (χ4v) is 1.21. The van der Waals surface area contributed by atoms with Crippen molar-refractivity contribution in [3.05, 3.63) is 36.3 Å². The minimum absolute atomic E-state index is 0.967. The first-order valence-corrected chi connectivity index (χ1v) is 5.09. The summed E-state index contributed by atoms with van der Waals surface area (Å²) < 4.78 is 0. The average molecular weight is 188 g/mol. The fourth-order valence-electron chi connectivity index (χ4n) is 1.21. The number of pyridine rings is 2. The first-order chi connectivity index (χ1) is 6.90. The number of nitrogens with zero attached hydrogens (tertiary/aromatic N) is 2. The van der Waals surface area contributed by atoms with Gasteiger partial charge in [-0.05, 0) is 24.1 Å². The number of rotatable bonds is 1. The highest BCUT2D eigenvalue weighted by atomic mass is 14.7. The molecule has 2 rings (SSSR count). The standard InChI is InChI=1S/C10H10N2.C2H6/c1-2-8-5-9-3-4-11-7-10(9)12-6-8;1-2/h3-7H,2H2,1H3;1-2H3. The lowest BCUT2D eigenvalue weighted by Gasteiger charge is -1.98. The zero-order valence-electron chi connectivity index (χ0n) is 8.99. The Morgan fingerprint density at radius 3 is 2.71 bits per heavy atom. The highest BCUT2D eigenvalue weighted by Crippen LogP contribution is 2.11. The number of fused-ring (bicyclic) bond motifs is 1. The number of aryl methyl sites for hydroxylation is 1. The molecule has 2 aromatic heterocycles. The summed E-state index contributed by atoms with van der Waals surface area (Å²) in [6.45, 7) is 6.13. The van der Waals surface area contributed by atoms with E-state index in [9.17, 15) is 0 Å². The van der Waals surface area contributed by atoms with Gasteiger partial charge in [-0.1, -0.05) is 20.8 Å². The molecule has 0 N–H and O–H groups in total. The van der Waals surface area contributed by atoms with Gasteiger partial charge in [0.05, 0.1) is 11.7 Å². The molecule has 74 valence electrons. The molecule has 0 unspecified atom stereocenters. The highest BCUT2D eigenvalue weighted by molar-refractivity contribution is 5.77. The molecule has 2 aromatic rings. The van der Waals surface area contributed by atoms with Crippen LogP contribution in [-0.2, 0) is 6.42 Å². The van der Waals surface area contributed by atoms with Gasteiger partial charge in [0.15, 0.2) is 0 Å². The van der Waals surface area contributed by atoms with Crippen LogP contribution in [0.15, 0.2) is 30.7 Å². The van der Waals surface area contributed by atoms with Crippen molar-refractivity contribution in [3.63, 3.8) is 0 Å². The van der Waals surface area contributed by atoms with Gasteiger partial charge in [-0.15, -0.1) is 0 Å². The van der Waals surface area contributed by atoms with Gasteiger partial charge in [0.25, 0.3) is 0 Å². The maximum Gasteiger partial charge on any atom is 0.0885 e. The second kappa shape index (κ2) is 5.32. The van der Waals surface area contributed by atoms with E-state index in [1.807, 2.05) is 26.1 Å². The molecular formula is C12H16N2. The van der Waals surface area contributed by atoms with Crippen LogP contribution in [-0.4, -0.2) is 9.97 Å². The topological polar surface area (TPSA) is 25.8 Å². The van der Waals surface area contributed by atoms with E-state index < -0.39 is 0 Å². The second-order valence-electron chi connectivity index (χ2n) is 2.77. The first kappa shape index (κ1) is 10.6. The van der Waals surface area contributed by atoms with Crippen LogP contribution < -0.4 is 0 Å². The van der Waals surface area contributed by atoms with Gasteiger partial charge in [-0.2, -0.15) is 0 Å². The van der Waals surface area contributed by atoms with Gasteiger partial charge in [0.1, 0.15) is 0 Å². The molecule has 0 radical (unpaired) electrons. The SMILES string of the molecule is CC.CCc1cnc2cnccc2c1. The van der Waals surface area contributed by atoms with Crippen molar-refractivity contribution in [3.8, 4) is 0 Å². The van der Waals surface area contributed by atoms with Crippen LogP contribution >= 0.6 is 0 Å². The normalized spacial score (nSPS) is 9.36. The maximum atomic E-state index is 4.29. The van der Waals surface area contributed by atoms with E-state index in [0.29, 0.717) is 0 Å². The minimum Gasteiger partial charge on any atom is -0.262 e. The third-order valence-corrected chi connectivity index (χ3v) is 1.95. The molecule has 2 nitrogen and oxygen atoms in total. The molecule has 2 heterocycles. The minimum atomic E-state index is 0.967. The molecule has 14 heavy (non-hydrogen) atoms. The van der Waals surface area contributed by atoms with E-state index in [2.05, 4.69) is 23.0 Å². The van der Waals surface area contributed by atoms with Gasteiger partial charge in [0, 0.05) is 17.8 Å². The Hall–Kier alpha value is -1.44. The van der Waals surface area contributed by atoms with Gasteiger partial charge in [0.2, 0.25) is 0 Å². The maximum absolute atomic E-state index is 4.29. The lowest BCUT2D eigenvalue weighted by Crippen LogP contribution is -1.84. The summed E-state index contributed by atoms with van der Waals surface area (Å²) in [4.78, 5) is 8.30. The third-order valence-electron chi connectivity index (χ3n) is 1.95. The number of hydrogen-bond acceptors (Lipinski definition) is 2. The van der Waals surface area contributed by atoms with Crippen molar-refractivity contribution in [2.24, 2.45) is 0 Å². The molecule has 0 aliphatic heterocycles. The smallest absolute Gasteiger partial charge is 0.0885 e. The first-order valence-electron chi connectivity index (χ1n) is 5.09. The molecule has 0 saturated heterocycles. The lowest BCUT2D eigenvalue weighted by molar-refractivity contribution is 1.12. The summed E-state index contributed by atoms with van der Waals surface area (Å²) in [5.41, 5.74) is 2.24. The predicted molar refractivity (Wildman–Crippen MR) is 60.3 cm³/mol. The molecule has 0 bridgehead atoms. The molecule has 0 aliphatic carbocycles. The monoisotopic (exact) mass is 188 g/mol. The summed E-state index contributed by atoms with van der Waals surface area (Å²) >= 11 is 0. The molecule has 2 heteroatoms. The van der Waals surface area contributed by atoms with Gasteiger partial charge in [-0.25, -0.2) is 0 Å². The quantitative estimate of drug-likeness (QED) is 0.686. The Labute approximate surface area is 85.0 Å². The summed E-state index contributed by atoms with van der Waals surface area (Å²) in [5.74, 6) is 0. The van der Waals surface area contributed by atoms with E-state index in [4.69, 9.17) is 0 Å². The molecule has 0 aromatic carbocycles. The Morgan fingerprint density at radius 1 is 1.21 bits per heavy atom. The van der Waals surface area contributed by atoms with Gasteiger partial charge < -0.3 is 0 Å². The number of hydrogen-bond donors (Lipinski definition) is 0. The Balaban J connectivity index is 0.000000461. The highest BCUT2D eigenvalue weighted by Gasteiger charge is 1.94. The summed E-state index contributed by atoms with van der Waals surface area (Å²) in [7, 11) is 0. The van der Waals surface area contributed by atoms with Crippen LogP contribution in [0.1, 0.15) is 26.3 Å². The molecular weight excluding hydrogens is 172 g/mol. The van der Waals surface area contributed by atoms with E-state index in [0.717, 1.165) is 11.9 Å². The van der Waals surface area contributed by atoms with E-state index >= 15 is 0 Å². The van der Waals surface area contributed by atoms with Crippen molar-refractivity contribution in [1.82, 2.24) is 9.97 Å². The summed E-state index contributed by atoms with van der Waals surface area (Å²) in [5, 5.41) is 1.17.